The molecule has 0 saturated heterocycles. The van der Waals surface area contributed by atoms with Gasteiger partial charge in [0.1, 0.15) is 0 Å². The molecule has 1 atom stereocenters. The molecule has 0 bridgehead atoms. The fourth-order valence-corrected chi connectivity index (χ4v) is 3.16. The quantitative estimate of drug-likeness (QED) is 0.274. The lowest BCUT2D eigenvalue weighted by Gasteiger charge is -2.30. The summed E-state index contributed by atoms with van der Waals surface area (Å²) in [6.45, 7) is 20.5. The molecule has 0 spiro atoms. The van der Waals surface area contributed by atoms with Crippen LogP contribution in [-0.4, -0.2) is 43.7 Å². The Balaban J connectivity index is 3.95. The molecule has 0 aromatic carbocycles. The van der Waals surface area contributed by atoms with Crippen molar-refractivity contribution in [2.45, 2.75) is 98.5 Å². The summed E-state index contributed by atoms with van der Waals surface area (Å²) in [6, 6.07) is 0. The van der Waals surface area contributed by atoms with Crippen LogP contribution >= 0.6 is 0 Å². The molecule has 0 fully saturated rings. The Hall–Kier alpha value is -0.580. The van der Waals surface area contributed by atoms with Crippen LogP contribution in [0, 0.1) is 11.3 Å². The first-order valence-corrected chi connectivity index (χ1v) is 11.4. The molecule has 0 aliphatic rings. The number of aliphatic hydroxyl groups excluding tert-OH is 1. The van der Waals surface area contributed by atoms with Crippen molar-refractivity contribution in [2.24, 2.45) is 11.3 Å². The summed E-state index contributed by atoms with van der Waals surface area (Å²) in [5.74, 6) is 0.211. The van der Waals surface area contributed by atoms with E-state index in [1.807, 2.05) is 6.92 Å². The van der Waals surface area contributed by atoms with Crippen molar-refractivity contribution in [2.75, 3.05) is 33.0 Å². The van der Waals surface area contributed by atoms with Gasteiger partial charge in [-0.05, 0) is 64.7 Å². The van der Waals surface area contributed by atoms with E-state index in [-0.39, 0.29) is 18.1 Å². The van der Waals surface area contributed by atoms with Gasteiger partial charge in [0.05, 0.1) is 12.2 Å². The number of aliphatic hydroxyl groups is 1. The first kappa shape index (κ1) is 27.4. The van der Waals surface area contributed by atoms with Gasteiger partial charge in [0, 0.05) is 38.0 Å². The predicted molar refractivity (Wildman–Crippen MR) is 121 cm³/mol. The molecule has 1 unspecified atom stereocenters. The van der Waals surface area contributed by atoms with Crippen LogP contribution in [-0.2, 0) is 9.47 Å². The van der Waals surface area contributed by atoms with Gasteiger partial charge in [-0.25, -0.2) is 0 Å². The van der Waals surface area contributed by atoms with E-state index in [4.69, 9.17) is 9.47 Å². The molecule has 4 heteroatoms. The lowest BCUT2D eigenvalue weighted by molar-refractivity contribution is -0.0423. The largest absolute Gasteiger partial charge is 0.396 e. The Kier molecular flexibility index (Phi) is 15.0. The van der Waals surface area contributed by atoms with Crippen molar-refractivity contribution >= 4 is 0 Å². The average molecular weight is 400 g/mol. The minimum atomic E-state index is -0.150. The highest BCUT2D eigenvalue weighted by Crippen LogP contribution is 2.29. The van der Waals surface area contributed by atoms with Crippen molar-refractivity contribution in [1.29, 1.82) is 0 Å². The predicted octanol–water partition coefficient (Wildman–Crippen LogP) is 5.70. The molecule has 28 heavy (non-hydrogen) atoms. The van der Waals surface area contributed by atoms with E-state index in [1.165, 1.54) is 25.7 Å². The van der Waals surface area contributed by atoms with Gasteiger partial charge in [0.15, 0.2) is 0 Å². The smallest absolute Gasteiger partial charge is 0.0626 e. The Bertz CT molecular complexity index is 393. The van der Waals surface area contributed by atoms with Crippen molar-refractivity contribution in [3.8, 4) is 0 Å². The third kappa shape index (κ3) is 15.4. The van der Waals surface area contributed by atoms with Crippen LogP contribution in [0.25, 0.3) is 0 Å². The molecule has 0 rings (SSSR count). The maximum absolute atomic E-state index is 9.48. The Morgan fingerprint density at radius 2 is 1.75 bits per heavy atom. The summed E-state index contributed by atoms with van der Waals surface area (Å²) >= 11 is 0. The van der Waals surface area contributed by atoms with Crippen molar-refractivity contribution in [3.63, 3.8) is 0 Å². The molecule has 2 N–H and O–H groups in total. The molecular weight excluding hydrogens is 350 g/mol. The molecule has 0 aromatic heterocycles. The number of ether oxygens (including phenoxy) is 2. The van der Waals surface area contributed by atoms with Gasteiger partial charge < -0.3 is 19.9 Å². The van der Waals surface area contributed by atoms with E-state index in [0.717, 1.165) is 44.5 Å². The SMILES string of the molecule is C=C(CC)NCCCCCC(C)(C)CCOC(C)(C)CCC(CO)COCC. The summed E-state index contributed by atoms with van der Waals surface area (Å²) in [4.78, 5) is 0. The van der Waals surface area contributed by atoms with Crippen LogP contribution < -0.4 is 5.32 Å². The normalized spacial score (nSPS) is 13.5. The molecule has 0 radical (unpaired) electrons. The summed E-state index contributed by atoms with van der Waals surface area (Å²) in [6.07, 6.45) is 8.97. The Morgan fingerprint density at radius 3 is 2.36 bits per heavy atom. The van der Waals surface area contributed by atoms with Crippen LogP contribution in [0.15, 0.2) is 12.3 Å². The second-order valence-corrected chi connectivity index (χ2v) is 9.46. The maximum atomic E-state index is 9.48. The summed E-state index contributed by atoms with van der Waals surface area (Å²) in [7, 11) is 0. The van der Waals surface area contributed by atoms with E-state index >= 15 is 0 Å². The van der Waals surface area contributed by atoms with Crippen LogP contribution in [0.2, 0.25) is 0 Å². The Morgan fingerprint density at radius 1 is 1.04 bits per heavy atom. The molecule has 0 amide bonds. The fourth-order valence-electron chi connectivity index (χ4n) is 3.16. The number of allylic oxidation sites excluding steroid dienone is 1. The first-order valence-electron chi connectivity index (χ1n) is 11.4. The summed E-state index contributed by atoms with van der Waals surface area (Å²) < 4.78 is 11.7. The maximum Gasteiger partial charge on any atom is 0.0626 e. The molecule has 0 aliphatic heterocycles. The van der Waals surface area contributed by atoms with E-state index in [9.17, 15) is 5.11 Å². The third-order valence-corrected chi connectivity index (χ3v) is 5.57. The van der Waals surface area contributed by atoms with Crippen molar-refractivity contribution < 1.29 is 14.6 Å². The van der Waals surface area contributed by atoms with Gasteiger partial charge in [-0.2, -0.15) is 0 Å². The van der Waals surface area contributed by atoms with E-state index in [2.05, 4.69) is 46.5 Å². The van der Waals surface area contributed by atoms with Gasteiger partial charge in [-0.3, -0.25) is 0 Å². The Labute approximate surface area is 175 Å². The minimum Gasteiger partial charge on any atom is -0.396 e. The number of hydrogen-bond acceptors (Lipinski definition) is 4. The second-order valence-electron chi connectivity index (χ2n) is 9.46. The standard InChI is InChI=1S/C24H49NO3/c1-8-21(3)25-17-12-10-11-14-23(4,5)16-18-28-24(6,7)15-13-22(19-26)20-27-9-2/h22,25-26H,3,8-20H2,1-2,4-7H3. The average Bonchev–Trinajstić information content (AvgIpc) is 2.64. The number of rotatable bonds is 19. The van der Waals surface area contributed by atoms with Crippen molar-refractivity contribution in [3.05, 3.63) is 12.3 Å². The molecule has 168 valence electrons. The highest BCUT2D eigenvalue weighted by molar-refractivity contribution is 4.88. The van der Waals surface area contributed by atoms with Gasteiger partial charge in [0.25, 0.3) is 0 Å². The molecular formula is C24H49NO3. The molecule has 0 aliphatic carbocycles. The molecule has 0 heterocycles. The van der Waals surface area contributed by atoms with Gasteiger partial charge in [0.2, 0.25) is 0 Å². The first-order chi connectivity index (χ1) is 13.2. The minimum absolute atomic E-state index is 0.150. The van der Waals surface area contributed by atoms with Crippen LogP contribution in [0.4, 0.5) is 0 Å². The van der Waals surface area contributed by atoms with E-state index in [1.54, 1.807) is 0 Å². The second kappa shape index (κ2) is 15.3. The summed E-state index contributed by atoms with van der Waals surface area (Å²) in [5, 5.41) is 12.9. The zero-order chi connectivity index (χ0) is 21.5. The van der Waals surface area contributed by atoms with E-state index in [0.29, 0.717) is 18.6 Å². The molecule has 0 saturated carbocycles. The zero-order valence-electron chi connectivity index (χ0n) is 19.7. The third-order valence-electron chi connectivity index (χ3n) is 5.57. The molecule has 0 aromatic rings. The van der Waals surface area contributed by atoms with Gasteiger partial charge in [-0.1, -0.05) is 40.2 Å². The summed E-state index contributed by atoms with van der Waals surface area (Å²) in [5.41, 5.74) is 1.31. The topological polar surface area (TPSA) is 50.7 Å². The monoisotopic (exact) mass is 399 g/mol. The zero-order valence-corrected chi connectivity index (χ0v) is 19.7. The lowest BCUT2D eigenvalue weighted by Crippen LogP contribution is -2.29. The van der Waals surface area contributed by atoms with Crippen LogP contribution in [0.5, 0.6) is 0 Å². The van der Waals surface area contributed by atoms with E-state index < -0.39 is 0 Å². The van der Waals surface area contributed by atoms with Crippen molar-refractivity contribution in [1.82, 2.24) is 5.32 Å². The van der Waals surface area contributed by atoms with Gasteiger partial charge in [-0.15, -0.1) is 0 Å². The molecule has 4 nitrogen and oxygen atoms in total. The highest BCUT2D eigenvalue weighted by atomic mass is 16.5. The fraction of sp³-hybridized carbons (Fsp3) is 0.917. The van der Waals surface area contributed by atoms with Crippen LogP contribution in [0.1, 0.15) is 92.9 Å². The van der Waals surface area contributed by atoms with Gasteiger partial charge >= 0.3 is 0 Å². The number of unbranched alkanes of at least 4 members (excludes halogenated alkanes) is 2. The number of nitrogens with one attached hydrogen (secondary N) is 1. The lowest BCUT2D eigenvalue weighted by atomic mass is 9.84. The number of hydrogen-bond donors (Lipinski definition) is 2. The van der Waals surface area contributed by atoms with Crippen LogP contribution in [0.3, 0.4) is 0 Å². The highest BCUT2D eigenvalue weighted by Gasteiger charge is 2.23.